The van der Waals surface area contributed by atoms with E-state index in [0.717, 1.165) is 5.56 Å². The molecule has 2 rings (SSSR count). The maximum atomic E-state index is 10.8. The topological polar surface area (TPSA) is 65.3 Å². The summed E-state index contributed by atoms with van der Waals surface area (Å²) in [5, 5.41) is 10.8. The molecule has 0 N–H and O–H groups in total. The summed E-state index contributed by atoms with van der Waals surface area (Å²) >= 11 is 0. The largest absolute Gasteiger partial charge is 0.489 e. The molecule has 1 aromatic heterocycles. The molecule has 0 saturated heterocycles. The standard InChI is InChI=1S/C13H12N2O3/c1-10-4-5-12(7-13(10)15(16)17)18-9-11-3-2-6-14-8-11/h2-8H,9H2,1H3. The van der Waals surface area contributed by atoms with Crippen molar-refractivity contribution in [3.05, 3.63) is 64.0 Å². The van der Waals surface area contributed by atoms with Gasteiger partial charge in [0.1, 0.15) is 12.4 Å². The van der Waals surface area contributed by atoms with Gasteiger partial charge in [0.05, 0.1) is 11.0 Å². The summed E-state index contributed by atoms with van der Waals surface area (Å²) in [5.41, 5.74) is 1.60. The Balaban J connectivity index is 2.11. The number of pyridine rings is 1. The Morgan fingerprint density at radius 2 is 2.22 bits per heavy atom. The number of hydrogen-bond acceptors (Lipinski definition) is 4. The fourth-order valence-electron chi connectivity index (χ4n) is 1.53. The molecule has 0 amide bonds. The highest BCUT2D eigenvalue weighted by Crippen LogP contribution is 2.24. The van der Waals surface area contributed by atoms with Crippen LogP contribution in [0.1, 0.15) is 11.1 Å². The average Bonchev–Trinajstić information content (AvgIpc) is 2.38. The van der Waals surface area contributed by atoms with Crippen LogP contribution in [0.4, 0.5) is 5.69 Å². The van der Waals surface area contributed by atoms with Crippen molar-refractivity contribution in [3.8, 4) is 5.75 Å². The van der Waals surface area contributed by atoms with Crippen LogP contribution in [0.3, 0.4) is 0 Å². The maximum absolute atomic E-state index is 10.8. The highest BCUT2D eigenvalue weighted by atomic mass is 16.6. The Morgan fingerprint density at radius 1 is 1.39 bits per heavy atom. The monoisotopic (exact) mass is 244 g/mol. The first-order chi connectivity index (χ1) is 8.66. The van der Waals surface area contributed by atoms with Gasteiger partial charge in [-0.15, -0.1) is 0 Å². The SMILES string of the molecule is Cc1ccc(OCc2cccnc2)cc1[N+](=O)[O-]. The van der Waals surface area contributed by atoms with Gasteiger partial charge in [-0.2, -0.15) is 0 Å². The van der Waals surface area contributed by atoms with Crippen LogP contribution in [-0.4, -0.2) is 9.91 Å². The van der Waals surface area contributed by atoms with Gasteiger partial charge >= 0.3 is 0 Å². The van der Waals surface area contributed by atoms with Crippen molar-refractivity contribution in [2.45, 2.75) is 13.5 Å². The minimum Gasteiger partial charge on any atom is -0.489 e. The van der Waals surface area contributed by atoms with Crippen molar-refractivity contribution in [2.24, 2.45) is 0 Å². The number of nitro groups is 1. The van der Waals surface area contributed by atoms with Crippen molar-refractivity contribution < 1.29 is 9.66 Å². The molecular weight excluding hydrogens is 232 g/mol. The molecule has 0 atom stereocenters. The van der Waals surface area contributed by atoms with Gasteiger partial charge in [0.15, 0.2) is 0 Å². The van der Waals surface area contributed by atoms with Crippen LogP contribution in [0.15, 0.2) is 42.7 Å². The van der Waals surface area contributed by atoms with Crippen molar-refractivity contribution in [2.75, 3.05) is 0 Å². The molecule has 0 spiro atoms. The lowest BCUT2D eigenvalue weighted by atomic mass is 10.2. The Bertz CT molecular complexity index is 555. The molecule has 5 heteroatoms. The summed E-state index contributed by atoms with van der Waals surface area (Å²) in [6, 6.07) is 8.53. The van der Waals surface area contributed by atoms with Crippen LogP contribution in [0.5, 0.6) is 5.75 Å². The third-order valence-corrected chi connectivity index (χ3v) is 2.51. The fraction of sp³-hybridized carbons (Fsp3) is 0.154. The highest BCUT2D eigenvalue weighted by Gasteiger charge is 2.11. The molecule has 92 valence electrons. The molecule has 1 heterocycles. The predicted molar refractivity (Wildman–Crippen MR) is 66.4 cm³/mol. The van der Waals surface area contributed by atoms with Crippen molar-refractivity contribution in [1.29, 1.82) is 0 Å². The molecule has 0 unspecified atom stereocenters. The van der Waals surface area contributed by atoms with Crippen LogP contribution in [-0.2, 0) is 6.61 Å². The summed E-state index contributed by atoms with van der Waals surface area (Å²) in [6.45, 7) is 2.04. The average molecular weight is 244 g/mol. The Kier molecular flexibility index (Phi) is 3.52. The molecule has 1 aromatic carbocycles. The summed E-state index contributed by atoms with van der Waals surface area (Å²) in [7, 11) is 0. The van der Waals surface area contributed by atoms with Crippen LogP contribution < -0.4 is 4.74 Å². The van der Waals surface area contributed by atoms with Crippen LogP contribution in [0.2, 0.25) is 0 Å². The molecule has 0 aliphatic rings. The van der Waals surface area contributed by atoms with Gasteiger partial charge in [-0.25, -0.2) is 0 Å². The zero-order valence-corrected chi connectivity index (χ0v) is 9.87. The molecule has 0 aliphatic carbocycles. The molecular formula is C13H12N2O3. The van der Waals surface area contributed by atoms with E-state index in [1.165, 1.54) is 6.07 Å². The predicted octanol–water partition coefficient (Wildman–Crippen LogP) is 2.88. The highest BCUT2D eigenvalue weighted by molar-refractivity contribution is 5.45. The van der Waals surface area contributed by atoms with E-state index in [0.29, 0.717) is 17.9 Å². The molecule has 0 bridgehead atoms. The molecule has 0 aliphatic heterocycles. The van der Waals surface area contributed by atoms with E-state index < -0.39 is 4.92 Å². The number of aromatic nitrogens is 1. The lowest BCUT2D eigenvalue weighted by Gasteiger charge is -2.06. The molecule has 18 heavy (non-hydrogen) atoms. The van der Waals surface area contributed by atoms with Crippen molar-refractivity contribution in [3.63, 3.8) is 0 Å². The van der Waals surface area contributed by atoms with Gasteiger partial charge in [-0.1, -0.05) is 6.07 Å². The van der Waals surface area contributed by atoms with E-state index >= 15 is 0 Å². The molecule has 5 nitrogen and oxygen atoms in total. The molecule has 2 aromatic rings. The zero-order valence-electron chi connectivity index (χ0n) is 9.87. The third kappa shape index (κ3) is 2.82. The number of nitrogens with zero attached hydrogens (tertiary/aromatic N) is 2. The van der Waals surface area contributed by atoms with Crippen LogP contribution in [0, 0.1) is 17.0 Å². The van der Waals surface area contributed by atoms with E-state index in [2.05, 4.69) is 4.98 Å². The number of nitro benzene ring substituents is 1. The number of ether oxygens (including phenoxy) is 1. The number of aryl methyl sites for hydroxylation is 1. The zero-order chi connectivity index (χ0) is 13.0. The van der Waals surface area contributed by atoms with Crippen molar-refractivity contribution >= 4 is 5.69 Å². The number of benzene rings is 1. The Hall–Kier alpha value is -2.43. The van der Waals surface area contributed by atoms with Crippen LogP contribution >= 0.6 is 0 Å². The first kappa shape index (κ1) is 12.0. The number of hydrogen-bond donors (Lipinski definition) is 0. The fourth-order valence-corrected chi connectivity index (χ4v) is 1.53. The molecule has 0 radical (unpaired) electrons. The molecule has 0 fully saturated rings. The lowest BCUT2D eigenvalue weighted by molar-refractivity contribution is -0.385. The van der Waals surface area contributed by atoms with E-state index in [9.17, 15) is 10.1 Å². The van der Waals surface area contributed by atoms with Gasteiger partial charge in [0.2, 0.25) is 0 Å². The Labute approximate surface area is 104 Å². The second kappa shape index (κ2) is 5.27. The van der Waals surface area contributed by atoms with Gasteiger partial charge in [-0.3, -0.25) is 15.1 Å². The minimum atomic E-state index is -0.410. The summed E-state index contributed by atoms with van der Waals surface area (Å²) in [4.78, 5) is 14.3. The van der Waals surface area contributed by atoms with Gasteiger partial charge in [0.25, 0.3) is 5.69 Å². The number of rotatable bonds is 4. The van der Waals surface area contributed by atoms with E-state index in [4.69, 9.17) is 4.74 Å². The quantitative estimate of drug-likeness (QED) is 0.612. The Morgan fingerprint density at radius 3 is 2.89 bits per heavy atom. The van der Waals surface area contributed by atoms with Crippen LogP contribution in [0.25, 0.3) is 0 Å². The second-order valence-corrected chi connectivity index (χ2v) is 3.86. The first-order valence-corrected chi connectivity index (χ1v) is 5.43. The van der Waals surface area contributed by atoms with E-state index in [-0.39, 0.29) is 5.69 Å². The summed E-state index contributed by atoms with van der Waals surface area (Å²) in [6.07, 6.45) is 3.38. The lowest BCUT2D eigenvalue weighted by Crippen LogP contribution is -1.97. The van der Waals surface area contributed by atoms with Crippen molar-refractivity contribution in [1.82, 2.24) is 4.98 Å². The smallest absolute Gasteiger partial charge is 0.276 e. The third-order valence-electron chi connectivity index (χ3n) is 2.51. The summed E-state index contributed by atoms with van der Waals surface area (Å²) < 4.78 is 5.49. The molecule has 0 saturated carbocycles. The normalized spacial score (nSPS) is 10.1. The first-order valence-electron chi connectivity index (χ1n) is 5.43. The van der Waals surface area contributed by atoms with E-state index in [1.54, 1.807) is 31.5 Å². The second-order valence-electron chi connectivity index (χ2n) is 3.86. The van der Waals surface area contributed by atoms with Gasteiger partial charge in [0, 0.05) is 23.5 Å². The van der Waals surface area contributed by atoms with E-state index in [1.807, 2.05) is 12.1 Å². The van der Waals surface area contributed by atoms with Gasteiger partial charge in [-0.05, 0) is 25.1 Å². The van der Waals surface area contributed by atoms with Gasteiger partial charge < -0.3 is 4.74 Å². The summed E-state index contributed by atoms with van der Waals surface area (Å²) in [5.74, 6) is 0.483. The minimum absolute atomic E-state index is 0.0682. The maximum Gasteiger partial charge on any atom is 0.276 e.